The van der Waals surface area contributed by atoms with E-state index < -0.39 is 0 Å². The first kappa shape index (κ1) is 19.7. The van der Waals surface area contributed by atoms with Crippen LogP contribution in [0, 0.1) is 17.8 Å². The number of carbonyl (C=O) groups is 2. The molecule has 0 N–H and O–H groups in total. The van der Waals surface area contributed by atoms with Crippen molar-refractivity contribution in [2.45, 2.75) is 65.3 Å². The van der Waals surface area contributed by atoms with Gasteiger partial charge in [0.15, 0.2) is 0 Å². The molecule has 0 saturated carbocycles. The summed E-state index contributed by atoms with van der Waals surface area (Å²) in [4.78, 5) is 32.1. The van der Waals surface area contributed by atoms with Crippen LogP contribution in [0.25, 0.3) is 0 Å². The summed E-state index contributed by atoms with van der Waals surface area (Å²) >= 11 is 0. The second kappa shape index (κ2) is 8.73. The van der Waals surface area contributed by atoms with Crippen molar-refractivity contribution in [1.29, 1.82) is 0 Å². The molecule has 0 aliphatic carbocycles. The van der Waals surface area contributed by atoms with Crippen LogP contribution in [0.15, 0.2) is 0 Å². The average Bonchev–Trinajstić information content (AvgIpc) is 2.66. The topological polar surface area (TPSA) is 43.9 Å². The zero-order chi connectivity index (χ0) is 18.7. The summed E-state index contributed by atoms with van der Waals surface area (Å²) < 4.78 is 0. The molecule has 0 aromatic carbocycles. The maximum atomic E-state index is 13.0. The third kappa shape index (κ3) is 4.59. The fourth-order valence-electron chi connectivity index (χ4n) is 5.17. The second-order valence-corrected chi connectivity index (χ2v) is 9.06. The number of nitrogens with zero attached hydrogens (tertiary/aromatic N) is 3. The van der Waals surface area contributed by atoms with Gasteiger partial charge in [-0.15, -0.1) is 0 Å². The van der Waals surface area contributed by atoms with E-state index in [4.69, 9.17) is 0 Å². The molecule has 0 aromatic rings. The van der Waals surface area contributed by atoms with Gasteiger partial charge in [0, 0.05) is 32.1 Å². The summed E-state index contributed by atoms with van der Waals surface area (Å²) in [5, 5.41) is 0. The predicted octanol–water partition coefficient (Wildman–Crippen LogP) is 2.60. The largest absolute Gasteiger partial charge is 0.342 e. The Morgan fingerprint density at radius 2 is 1.42 bits per heavy atom. The summed E-state index contributed by atoms with van der Waals surface area (Å²) in [5.41, 5.74) is 0. The van der Waals surface area contributed by atoms with Crippen molar-refractivity contribution < 1.29 is 9.59 Å². The van der Waals surface area contributed by atoms with Crippen LogP contribution < -0.4 is 0 Å². The zero-order valence-corrected chi connectivity index (χ0v) is 17.0. The first-order chi connectivity index (χ1) is 12.5. The quantitative estimate of drug-likeness (QED) is 0.774. The molecule has 3 heterocycles. The van der Waals surface area contributed by atoms with Gasteiger partial charge in [0.25, 0.3) is 0 Å². The lowest BCUT2D eigenvalue weighted by atomic mass is 9.91. The van der Waals surface area contributed by atoms with Crippen LogP contribution in [0.2, 0.25) is 0 Å². The molecule has 3 rings (SSSR count). The van der Waals surface area contributed by atoms with E-state index in [2.05, 4.69) is 35.5 Å². The van der Waals surface area contributed by atoms with E-state index in [1.165, 1.54) is 12.8 Å². The van der Waals surface area contributed by atoms with Gasteiger partial charge in [-0.2, -0.15) is 0 Å². The van der Waals surface area contributed by atoms with E-state index in [1.54, 1.807) is 0 Å². The Morgan fingerprint density at radius 1 is 0.846 bits per heavy atom. The monoisotopic (exact) mass is 363 g/mol. The number of rotatable bonds is 3. The molecular weight excluding hydrogens is 326 g/mol. The molecule has 5 heteroatoms. The van der Waals surface area contributed by atoms with Gasteiger partial charge in [-0.3, -0.25) is 14.5 Å². The molecule has 0 bridgehead atoms. The molecule has 5 nitrogen and oxygen atoms in total. The summed E-state index contributed by atoms with van der Waals surface area (Å²) in [6, 6.07) is -0.0569. The van der Waals surface area contributed by atoms with Crippen molar-refractivity contribution in [3.05, 3.63) is 0 Å². The SMILES string of the molecule is CC1CC(C)CN(C(=O)C(C)N2CCC(C(=O)N3CCCCC3)CC2)C1. The van der Waals surface area contributed by atoms with Crippen LogP contribution >= 0.6 is 0 Å². The minimum Gasteiger partial charge on any atom is -0.342 e. The Morgan fingerprint density at radius 3 is 2.00 bits per heavy atom. The highest BCUT2D eigenvalue weighted by Gasteiger charge is 2.35. The Labute approximate surface area is 159 Å². The maximum absolute atomic E-state index is 13.0. The van der Waals surface area contributed by atoms with Gasteiger partial charge in [0.05, 0.1) is 6.04 Å². The fraction of sp³-hybridized carbons (Fsp3) is 0.905. The molecule has 2 amide bonds. The van der Waals surface area contributed by atoms with Gasteiger partial charge in [-0.05, 0) is 70.4 Å². The highest BCUT2D eigenvalue weighted by Crippen LogP contribution is 2.25. The zero-order valence-electron chi connectivity index (χ0n) is 17.0. The van der Waals surface area contributed by atoms with Crippen molar-refractivity contribution in [2.24, 2.45) is 17.8 Å². The normalized spacial score (nSPS) is 30.3. The Bertz CT molecular complexity index is 485. The Hall–Kier alpha value is -1.10. The van der Waals surface area contributed by atoms with E-state index in [1.807, 2.05) is 0 Å². The average molecular weight is 364 g/mol. The standard InChI is InChI=1S/C21H37N3O2/c1-16-13-17(2)15-24(14-16)20(25)18(3)22-11-7-19(8-12-22)21(26)23-9-5-4-6-10-23/h16-19H,4-15H2,1-3H3. The number of piperidine rings is 3. The molecule has 3 aliphatic rings. The summed E-state index contributed by atoms with van der Waals surface area (Å²) in [7, 11) is 0. The van der Waals surface area contributed by atoms with E-state index >= 15 is 0 Å². The lowest BCUT2D eigenvalue weighted by molar-refractivity contribution is -0.141. The number of hydrogen-bond donors (Lipinski definition) is 0. The molecular formula is C21H37N3O2. The molecule has 0 radical (unpaired) electrons. The predicted molar refractivity (Wildman–Crippen MR) is 104 cm³/mol. The molecule has 26 heavy (non-hydrogen) atoms. The maximum Gasteiger partial charge on any atom is 0.239 e. The third-order valence-corrected chi connectivity index (χ3v) is 6.63. The minimum absolute atomic E-state index is 0.0569. The molecule has 3 saturated heterocycles. The highest BCUT2D eigenvalue weighted by molar-refractivity contribution is 5.82. The minimum atomic E-state index is -0.0569. The van der Waals surface area contributed by atoms with Gasteiger partial charge >= 0.3 is 0 Å². The van der Waals surface area contributed by atoms with Crippen molar-refractivity contribution in [1.82, 2.24) is 14.7 Å². The lowest BCUT2D eigenvalue weighted by Gasteiger charge is -2.41. The molecule has 3 atom stereocenters. The van der Waals surface area contributed by atoms with E-state index in [-0.39, 0.29) is 17.9 Å². The number of likely N-dealkylation sites (tertiary alicyclic amines) is 3. The summed E-state index contributed by atoms with van der Waals surface area (Å²) in [5.74, 6) is 2.01. The number of carbonyl (C=O) groups excluding carboxylic acids is 2. The molecule has 3 fully saturated rings. The van der Waals surface area contributed by atoms with Crippen molar-refractivity contribution >= 4 is 11.8 Å². The molecule has 3 unspecified atom stereocenters. The molecule has 0 aromatic heterocycles. The van der Waals surface area contributed by atoms with Crippen molar-refractivity contribution in [3.8, 4) is 0 Å². The van der Waals surface area contributed by atoms with Crippen LogP contribution in [0.3, 0.4) is 0 Å². The smallest absolute Gasteiger partial charge is 0.239 e. The van der Waals surface area contributed by atoms with Gasteiger partial charge in [0.2, 0.25) is 11.8 Å². The second-order valence-electron chi connectivity index (χ2n) is 9.06. The van der Waals surface area contributed by atoms with E-state index in [9.17, 15) is 9.59 Å². The van der Waals surface area contributed by atoms with Gasteiger partial charge in [-0.1, -0.05) is 13.8 Å². The van der Waals surface area contributed by atoms with E-state index in [0.717, 1.165) is 65.0 Å². The first-order valence-electron chi connectivity index (χ1n) is 10.8. The summed E-state index contributed by atoms with van der Waals surface area (Å²) in [6.45, 7) is 12.0. The van der Waals surface area contributed by atoms with Gasteiger partial charge < -0.3 is 9.80 Å². The summed E-state index contributed by atoms with van der Waals surface area (Å²) in [6.07, 6.45) is 6.60. The van der Waals surface area contributed by atoms with Crippen LogP contribution in [0.5, 0.6) is 0 Å². The van der Waals surface area contributed by atoms with Crippen LogP contribution in [0.4, 0.5) is 0 Å². The van der Waals surface area contributed by atoms with Crippen LogP contribution in [-0.2, 0) is 9.59 Å². The molecule has 3 aliphatic heterocycles. The van der Waals surface area contributed by atoms with Gasteiger partial charge in [-0.25, -0.2) is 0 Å². The highest BCUT2D eigenvalue weighted by atomic mass is 16.2. The molecule has 0 spiro atoms. The number of hydrogen-bond acceptors (Lipinski definition) is 3. The lowest BCUT2D eigenvalue weighted by Crippen LogP contribution is -2.53. The van der Waals surface area contributed by atoms with Crippen LogP contribution in [0.1, 0.15) is 59.3 Å². The molecule has 148 valence electrons. The first-order valence-corrected chi connectivity index (χ1v) is 10.8. The van der Waals surface area contributed by atoms with Crippen molar-refractivity contribution in [3.63, 3.8) is 0 Å². The fourth-order valence-corrected chi connectivity index (χ4v) is 5.17. The Balaban J connectivity index is 1.49. The number of amides is 2. The Kier molecular flexibility index (Phi) is 6.60. The van der Waals surface area contributed by atoms with Crippen molar-refractivity contribution in [2.75, 3.05) is 39.3 Å². The van der Waals surface area contributed by atoms with Crippen LogP contribution in [-0.4, -0.2) is 71.8 Å². The van der Waals surface area contributed by atoms with Gasteiger partial charge in [0.1, 0.15) is 0 Å². The van der Waals surface area contributed by atoms with E-state index in [0.29, 0.717) is 17.7 Å². The third-order valence-electron chi connectivity index (χ3n) is 6.63.